The predicted molar refractivity (Wildman–Crippen MR) is 91.5 cm³/mol. The molecule has 1 aliphatic heterocycles. The van der Waals surface area contributed by atoms with Crippen molar-refractivity contribution in [2.75, 3.05) is 4.90 Å². The van der Waals surface area contributed by atoms with Crippen LogP contribution >= 0.6 is 0 Å². The monoisotopic (exact) mass is 399 g/mol. The maximum atomic E-state index is 14.2. The highest BCUT2D eigenvalue weighted by atomic mass is 19.2. The van der Waals surface area contributed by atoms with Crippen LogP contribution in [0.4, 0.5) is 27.6 Å². The van der Waals surface area contributed by atoms with Crippen LogP contribution in [0.2, 0.25) is 0 Å². The maximum Gasteiger partial charge on any atom is 0.238 e. The second kappa shape index (κ2) is 7.48. The van der Waals surface area contributed by atoms with Gasteiger partial charge in [-0.2, -0.15) is 0 Å². The molecular weight excluding hydrogens is 381 g/mol. The fraction of sp³-hybridized carbons (Fsp3) is 0.400. The molecule has 3 nitrogen and oxygen atoms in total. The van der Waals surface area contributed by atoms with Gasteiger partial charge in [0.05, 0.1) is 11.8 Å². The Bertz CT molecular complexity index is 804. The molecule has 1 heterocycles. The Morgan fingerprint density at radius 3 is 1.43 bits per heavy atom. The first-order valence-electron chi connectivity index (χ1n) is 8.88. The molecule has 1 aromatic carbocycles. The Kier molecular flexibility index (Phi) is 5.41. The molecule has 2 amide bonds. The van der Waals surface area contributed by atoms with E-state index in [-0.39, 0.29) is 16.7 Å². The summed E-state index contributed by atoms with van der Waals surface area (Å²) in [5.74, 6) is -15.1. The molecule has 1 aliphatic carbocycles. The Hall–Kier alpha value is -2.51. The van der Waals surface area contributed by atoms with E-state index in [1.807, 2.05) is 0 Å². The molecule has 1 saturated heterocycles. The molecule has 0 aromatic heterocycles. The highest BCUT2D eigenvalue weighted by Crippen LogP contribution is 2.56. The molecule has 0 unspecified atom stereocenters. The summed E-state index contributed by atoms with van der Waals surface area (Å²) in [6, 6.07) is 0. The number of hydrogen-bond acceptors (Lipinski definition) is 2. The molecule has 1 aromatic rings. The van der Waals surface area contributed by atoms with Crippen LogP contribution in [0.1, 0.15) is 25.7 Å². The number of fused-ring (bicyclic) bond motifs is 1. The van der Waals surface area contributed by atoms with Gasteiger partial charge >= 0.3 is 0 Å². The maximum absolute atomic E-state index is 14.2. The highest BCUT2D eigenvalue weighted by molar-refractivity contribution is 6.23. The van der Waals surface area contributed by atoms with Crippen molar-refractivity contribution in [2.24, 2.45) is 23.7 Å². The lowest BCUT2D eigenvalue weighted by Gasteiger charge is -2.46. The minimum Gasteiger partial charge on any atom is -0.274 e. The molecule has 8 heteroatoms. The van der Waals surface area contributed by atoms with Gasteiger partial charge in [0.25, 0.3) is 0 Å². The summed E-state index contributed by atoms with van der Waals surface area (Å²) in [4.78, 5) is 25.7. The zero-order valence-electron chi connectivity index (χ0n) is 14.9. The fourth-order valence-electron chi connectivity index (χ4n) is 4.42. The molecule has 0 spiro atoms. The zero-order chi connectivity index (χ0) is 20.7. The third-order valence-electron chi connectivity index (χ3n) is 5.69. The second-order valence-corrected chi connectivity index (χ2v) is 7.04. The Morgan fingerprint density at radius 1 is 0.714 bits per heavy atom. The molecule has 2 aliphatic rings. The van der Waals surface area contributed by atoms with Gasteiger partial charge in [-0.3, -0.25) is 9.59 Å². The average Bonchev–Trinajstić information content (AvgIpc) is 2.87. The van der Waals surface area contributed by atoms with E-state index in [0.29, 0.717) is 25.7 Å². The van der Waals surface area contributed by atoms with Gasteiger partial charge in [-0.25, -0.2) is 26.9 Å². The number of nitrogens with zero attached hydrogens (tertiary/aromatic N) is 1. The van der Waals surface area contributed by atoms with Gasteiger partial charge in [0, 0.05) is 0 Å². The molecule has 0 N–H and O–H groups in total. The Labute approximate surface area is 158 Å². The number of halogens is 5. The lowest BCUT2D eigenvalue weighted by atomic mass is 9.55. The molecular formula is C20H18F5NO2. The van der Waals surface area contributed by atoms with E-state index in [4.69, 9.17) is 0 Å². The number of allylic oxidation sites excluding steroid dienone is 2. The van der Waals surface area contributed by atoms with Crippen molar-refractivity contribution < 1.29 is 31.5 Å². The van der Waals surface area contributed by atoms with Gasteiger partial charge in [0.2, 0.25) is 17.6 Å². The summed E-state index contributed by atoms with van der Waals surface area (Å²) in [5, 5.41) is 0. The van der Waals surface area contributed by atoms with E-state index in [1.54, 1.807) is 12.2 Å². The first kappa shape index (κ1) is 20.2. The smallest absolute Gasteiger partial charge is 0.238 e. The second-order valence-electron chi connectivity index (χ2n) is 7.04. The highest BCUT2D eigenvalue weighted by Gasteiger charge is 2.64. The number of amides is 2. The summed E-state index contributed by atoms with van der Waals surface area (Å²) in [6.45, 7) is 7.23. The minimum absolute atomic E-state index is 0.139. The molecule has 0 bridgehead atoms. The van der Waals surface area contributed by atoms with Crippen molar-refractivity contribution in [3.8, 4) is 0 Å². The molecule has 150 valence electrons. The fourth-order valence-corrected chi connectivity index (χ4v) is 4.42. The van der Waals surface area contributed by atoms with Crippen LogP contribution in [0.5, 0.6) is 0 Å². The van der Waals surface area contributed by atoms with Gasteiger partial charge in [0.1, 0.15) is 5.69 Å². The van der Waals surface area contributed by atoms with E-state index in [0.717, 1.165) is 0 Å². The number of rotatable bonds is 7. The van der Waals surface area contributed by atoms with Crippen LogP contribution in [0.25, 0.3) is 0 Å². The van der Waals surface area contributed by atoms with Crippen LogP contribution in [-0.4, -0.2) is 11.8 Å². The van der Waals surface area contributed by atoms with Crippen LogP contribution in [0.15, 0.2) is 25.3 Å². The van der Waals surface area contributed by atoms with Crippen molar-refractivity contribution in [2.45, 2.75) is 25.7 Å². The van der Waals surface area contributed by atoms with Crippen molar-refractivity contribution in [3.05, 3.63) is 54.4 Å². The van der Waals surface area contributed by atoms with Crippen LogP contribution in [0.3, 0.4) is 0 Å². The summed E-state index contributed by atoms with van der Waals surface area (Å²) in [5.41, 5.74) is -1.49. The van der Waals surface area contributed by atoms with E-state index in [9.17, 15) is 31.5 Å². The number of anilines is 1. The van der Waals surface area contributed by atoms with Gasteiger partial charge < -0.3 is 0 Å². The summed E-state index contributed by atoms with van der Waals surface area (Å²) < 4.78 is 68.8. The number of benzene rings is 1. The number of carbonyl (C=O) groups excluding carboxylic acids is 2. The average molecular weight is 399 g/mol. The minimum atomic E-state index is -2.34. The zero-order valence-corrected chi connectivity index (χ0v) is 14.9. The summed E-state index contributed by atoms with van der Waals surface area (Å²) in [7, 11) is 0. The first-order chi connectivity index (χ1) is 13.3. The quantitative estimate of drug-likeness (QED) is 0.220. The number of carbonyl (C=O) groups is 2. The van der Waals surface area contributed by atoms with E-state index < -0.39 is 58.4 Å². The van der Waals surface area contributed by atoms with Crippen molar-refractivity contribution in [1.82, 2.24) is 0 Å². The number of imide groups is 1. The predicted octanol–water partition coefficient (Wildman–Crippen LogP) is 4.67. The van der Waals surface area contributed by atoms with E-state index in [1.165, 1.54) is 0 Å². The van der Waals surface area contributed by atoms with Gasteiger partial charge in [0.15, 0.2) is 23.3 Å². The SMILES string of the molecule is C=CCC[C@H]1[C@H](CCC=C)[C@@H]2C(=O)N(c3c(F)c(F)c(F)c(F)c3F)C(=O)[C@H]12. The molecule has 28 heavy (non-hydrogen) atoms. The van der Waals surface area contributed by atoms with Crippen LogP contribution in [-0.2, 0) is 9.59 Å². The van der Waals surface area contributed by atoms with Gasteiger partial charge in [-0.15, -0.1) is 13.2 Å². The first-order valence-corrected chi connectivity index (χ1v) is 8.88. The molecule has 4 atom stereocenters. The standard InChI is InChI=1S/C20H18F5NO2/c1-3-5-7-9-10(8-6-4-2)12-11(9)19(27)26(20(12)28)18-16(24)14(22)13(21)15(23)17(18)25/h3-4,9-12H,1-2,5-8H2/t9-,10-,11-,12+/m0/s1. The van der Waals surface area contributed by atoms with Crippen LogP contribution < -0.4 is 4.90 Å². The molecule has 0 radical (unpaired) electrons. The Balaban J connectivity index is 2.03. The normalized spacial score (nSPS) is 26.2. The molecule has 3 rings (SSSR count). The molecule has 1 saturated carbocycles. The van der Waals surface area contributed by atoms with Crippen molar-refractivity contribution >= 4 is 17.5 Å². The third-order valence-corrected chi connectivity index (χ3v) is 5.69. The third kappa shape index (κ3) is 2.77. The van der Waals surface area contributed by atoms with E-state index in [2.05, 4.69) is 13.2 Å². The van der Waals surface area contributed by atoms with Crippen molar-refractivity contribution in [3.63, 3.8) is 0 Å². The van der Waals surface area contributed by atoms with Gasteiger partial charge in [-0.05, 0) is 37.5 Å². The largest absolute Gasteiger partial charge is 0.274 e. The Morgan fingerprint density at radius 2 is 1.07 bits per heavy atom. The lowest BCUT2D eigenvalue weighted by Crippen LogP contribution is -2.48. The van der Waals surface area contributed by atoms with Gasteiger partial charge in [-0.1, -0.05) is 12.2 Å². The summed E-state index contributed by atoms with van der Waals surface area (Å²) >= 11 is 0. The summed E-state index contributed by atoms with van der Waals surface area (Å²) in [6.07, 6.45) is 5.53. The molecule has 2 fully saturated rings. The lowest BCUT2D eigenvalue weighted by molar-refractivity contribution is -0.137. The van der Waals surface area contributed by atoms with Crippen LogP contribution in [0, 0.1) is 52.8 Å². The van der Waals surface area contributed by atoms with E-state index >= 15 is 0 Å². The topological polar surface area (TPSA) is 37.4 Å². The number of hydrogen-bond donors (Lipinski definition) is 0. The van der Waals surface area contributed by atoms with Crippen molar-refractivity contribution in [1.29, 1.82) is 0 Å².